The molecule has 2 unspecified atom stereocenters. The number of nitrogens with one attached hydrogen (secondary N) is 1. The van der Waals surface area contributed by atoms with Crippen molar-refractivity contribution in [2.45, 2.75) is 38.4 Å². The highest BCUT2D eigenvalue weighted by atomic mass is 35.5. The second kappa shape index (κ2) is 7.78. The molecule has 1 fully saturated rings. The minimum absolute atomic E-state index is 0.0910. The number of carbonyl (C=O) groups is 1. The Kier molecular flexibility index (Phi) is 6.03. The molecule has 2 rings (SSSR count). The van der Waals surface area contributed by atoms with Crippen molar-refractivity contribution in [3.05, 3.63) is 34.9 Å². The van der Waals surface area contributed by atoms with Crippen LogP contribution in [-0.2, 0) is 9.53 Å². The molecule has 1 aliphatic rings. The van der Waals surface area contributed by atoms with Crippen molar-refractivity contribution in [3.63, 3.8) is 0 Å². The van der Waals surface area contributed by atoms with Gasteiger partial charge in [0.25, 0.3) is 0 Å². The van der Waals surface area contributed by atoms with Crippen LogP contribution in [0.4, 0.5) is 0 Å². The zero-order valence-electron chi connectivity index (χ0n) is 12.6. The lowest BCUT2D eigenvalue weighted by molar-refractivity contribution is -0.130. The van der Waals surface area contributed by atoms with Gasteiger partial charge in [-0.15, -0.1) is 0 Å². The largest absolute Gasteiger partial charge is 0.383 e. The van der Waals surface area contributed by atoms with Crippen LogP contribution in [0.15, 0.2) is 24.3 Å². The summed E-state index contributed by atoms with van der Waals surface area (Å²) in [6.45, 7) is 3.27. The van der Waals surface area contributed by atoms with Gasteiger partial charge < -0.3 is 9.64 Å². The number of amides is 1. The summed E-state index contributed by atoms with van der Waals surface area (Å²) in [5, 5.41) is 4.15. The zero-order valence-corrected chi connectivity index (χ0v) is 13.4. The molecule has 21 heavy (non-hydrogen) atoms. The fraction of sp³-hybridized carbons (Fsp3) is 0.562. The molecule has 116 valence electrons. The molecule has 1 aromatic carbocycles. The van der Waals surface area contributed by atoms with Gasteiger partial charge >= 0.3 is 0 Å². The second-order valence-electron chi connectivity index (χ2n) is 5.34. The van der Waals surface area contributed by atoms with Crippen LogP contribution in [-0.4, -0.2) is 37.1 Å². The van der Waals surface area contributed by atoms with Crippen LogP contribution in [0.5, 0.6) is 0 Å². The molecule has 1 aliphatic heterocycles. The highest BCUT2D eigenvalue weighted by Gasteiger charge is 2.38. The van der Waals surface area contributed by atoms with Gasteiger partial charge in [0.1, 0.15) is 6.17 Å². The second-order valence-corrected chi connectivity index (χ2v) is 5.78. The molecule has 0 bridgehead atoms. The van der Waals surface area contributed by atoms with E-state index < -0.39 is 0 Å². The Balaban J connectivity index is 2.15. The lowest BCUT2D eigenvalue weighted by Gasteiger charge is -2.24. The molecule has 1 amide bonds. The van der Waals surface area contributed by atoms with E-state index in [0.29, 0.717) is 18.2 Å². The van der Waals surface area contributed by atoms with E-state index in [-0.39, 0.29) is 18.1 Å². The van der Waals surface area contributed by atoms with E-state index >= 15 is 0 Å². The first-order valence-corrected chi connectivity index (χ1v) is 7.86. The lowest BCUT2D eigenvalue weighted by Crippen LogP contribution is -2.33. The summed E-state index contributed by atoms with van der Waals surface area (Å²) in [6, 6.07) is 7.56. The highest BCUT2D eigenvalue weighted by Crippen LogP contribution is 2.27. The molecule has 0 aromatic heterocycles. The number of halogens is 1. The van der Waals surface area contributed by atoms with Crippen molar-refractivity contribution in [2.24, 2.45) is 0 Å². The van der Waals surface area contributed by atoms with Gasteiger partial charge in [0.2, 0.25) is 5.91 Å². The van der Waals surface area contributed by atoms with E-state index in [0.717, 1.165) is 24.8 Å². The third-order valence-corrected chi connectivity index (χ3v) is 4.07. The van der Waals surface area contributed by atoms with Crippen LogP contribution in [0.25, 0.3) is 0 Å². The van der Waals surface area contributed by atoms with Gasteiger partial charge in [-0.3, -0.25) is 10.1 Å². The summed E-state index contributed by atoms with van der Waals surface area (Å²) >= 11 is 5.94. The zero-order chi connectivity index (χ0) is 15.2. The van der Waals surface area contributed by atoms with E-state index in [4.69, 9.17) is 16.3 Å². The Labute approximate surface area is 131 Å². The number of benzene rings is 1. The molecule has 0 radical (unpaired) electrons. The van der Waals surface area contributed by atoms with Gasteiger partial charge in [0.15, 0.2) is 0 Å². The number of unbranched alkanes of at least 4 members (excludes halogenated alkanes) is 1. The maximum Gasteiger partial charge on any atom is 0.241 e. The average Bonchev–Trinajstić information content (AvgIpc) is 2.80. The molecule has 4 nitrogen and oxygen atoms in total. The third kappa shape index (κ3) is 3.96. The molecule has 1 heterocycles. The summed E-state index contributed by atoms with van der Waals surface area (Å²) in [6.07, 6.45) is 2.93. The number of hydrogen-bond acceptors (Lipinski definition) is 3. The smallest absolute Gasteiger partial charge is 0.241 e. The average molecular weight is 311 g/mol. The van der Waals surface area contributed by atoms with Gasteiger partial charge in [0, 0.05) is 18.7 Å². The Morgan fingerprint density at radius 1 is 1.33 bits per heavy atom. The number of ether oxygens (including phenoxy) is 1. The molecular weight excluding hydrogens is 288 g/mol. The lowest BCUT2D eigenvalue weighted by atomic mass is 10.1. The number of hydrogen-bond donors (Lipinski definition) is 1. The van der Waals surface area contributed by atoms with E-state index in [9.17, 15) is 4.79 Å². The number of nitrogens with zero attached hydrogens (tertiary/aromatic N) is 1. The molecule has 1 saturated heterocycles. The van der Waals surface area contributed by atoms with Crippen molar-refractivity contribution < 1.29 is 9.53 Å². The van der Waals surface area contributed by atoms with Crippen LogP contribution in [0.2, 0.25) is 5.02 Å². The van der Waals surface area contributed by atoms with Gasteiger partial charge in [-0.25, -0.2) is 0 Å². The van der Waals surface area contributed by atoms with Gasteiger partial charge in [0.05, 0.1) is 12.6 Å². The molecule has 2 atom stereocenters. The van der Waals surface area contributed by atoms with E-state index in [2.05, 4.69) is 12.2 Å². The van der Waals surface area contributed by atoms with Gasteiger partial charge in [-0.2, -0.15) is 0 Å². The number of carbonyl (C=O) groups excluding carboxylic acids is 1. The van der Waals surface area contributed by atoms with Crippen molar-refractivity contribution in [2.75, 3.05) is 20.3 Å². The Bertz CT molecular complexity index is 464. The Morgan fingerprint density at radius 3 is 2.67 bits per heavy atom. The van der Waals surface area contributed by atoms with Crippen LogP contribution >= 0.6 is 11.6 Å². The number of rotatable bonds is 7. The Hall–Kier alpha value is -1.10. The molecule has 0 saturated carbocycles. The van der Waals surface area contributed by atoms with Crippen LogP contribution < -0.4 is 5.32 Å². The van der Waals surface area contributed by atoms with E-state index in [1.165, 1.54) is 0 Å². The first kappa shape index (κ1) is 16.3. The fourth-order valence-electron chi connectivity index (χ4n) is 2.64. The maximum absolute atomic E-state index is 12.5. The highest BCUT2D eigenvalue weighted by molar-refractivity contribution is 6.30. The van der Waals surface area contributed by atoms with E-state index in [1.807, 2.05) is 29.2 Å². The van der Waals surface area contributed by atoms with E-state index in [1.54, 1.807) is 7.11 Å². The normalized spacial score (nSPS) is 22.0. The molecular formula is C16H23ClN2O2. The van der Waals surface area contributed by atoms with Crippen LogP contribution in [0, 0.1) is 0 Å². The van der Waals surface area contributed by atoms with Crippen molar-refractivity contribution in [3.8, 4) is 0 Å². The van der Waals surface area contributed by atoms with Crippen molar-refractivity contribution in [1.29, 1.82) is 0 Å². The Morgan fingerprint density at radius 2 is 2.05 bits per heavy atom. The van der Waals surface area contributed by atoms with Crippen molar-refractivity contribution in [1.82, 2.24) is 10.2 Å². The summed E-state index contributed by atoms with van der Waals surface area (Å²) < 4.78 is 5.13. The quantitative estimate of drug-likeness (QED) is 0.842. The monoisotopic (exact) mass is 310 g/mol. The summed E-state index contributed by atoms with van der Waals surface area (Å²) in [4.78, 5) is 14.4. The van der Waals surface area contributed by atoms with Gasteiger partial charge in [-0.1, -0.05) is 43.5 Å². The van der Waals surface area contributed by atoms with Crippen LogP contribution in [0.3, 0.4) is 0 Å². The molecule has 5 heteroatoms. The minimum Gasteiger partial charge on any atom is -0.383 e. The minimum atomic E-state index is -0.0949. The topological polar surface area (TPSA) is 41.6 Å². The summed E-state index contributed by atoms with van der Waals surface area (Å²) in [5.41, 5.74) is 1.06. The molecule has 1 aromatic rings. The predicted molar refractivity (Wildman–Crippen MR) is 84.2 cm³/mol. The first-order chi connectivity index (χ1) is 10.2. The standard InChI is InChI=1S/C16H23ClN2O2/c1-3-4-5-14-16(20)19(10-11-21-2)15(18-14)12-6-8-13(17)9-7-12/h6-9,14-15,18H,3-5,10-11H2,1-2H3. The molecule has 0 spiro atoms. The SMILES string of the molecule is CCCCC1NC(c2ccc(Cl)cc2)N(CCOC)C1=O. The third-order valence-electron chi connectivity index (χ3n) is 3.82. The van der Waals surface area contributed by atoms with Gasteiger partial charge in [-0.05, 0) is 24.1 Å². The summed E-state index contributed by atoms with van der Waals surface area (Å²) in [7, 11) is 1.65. The van der Waals surface area contributed by atoms with Crippen molar-refractivity contribution >= 4 is 17.5 Å². The van der Waals surface area contributed by atoms with Crippen LogP contribution in [0.1, 0.15) is 37.9 Å². The fourth-order valence-corrected chi connectivity index (χ4v) is 2.77. The molecule has 0 aliphatic carbocycles. The summed E-state index contributed by atoms with van der Waals surface area (Å²) in [5.74, 6) is 0.167. The maximum atomic E-state index is 12.5. The molecule has 1 N–H and O–H groups in total. The predicted octanol–water partition coefficient (Wildman–Crippen LogP) is 2.98. The first-order valence-electron chi connectivity index (χ1n) is 7.48. The number of methoxy groups -OCH3 is 1.